The first-order valence-corrected chi connectivity index (χ1v) is 34.8. The van der Waals surface area contributed by atoms with Gasteiger partial charge in [0.2, 0.25) is 0 Å². The first kappa shape index (κ1) is 65.2. The molecule has 0 saturated carbocycles. The molecular weight excluding hydrogens is 1060 g/mol. The summed E-state index contributed by atoms with van der Waals surface area (Å²) in [5.41, 5.74) is 25.3. The summed E-state index contributed by atoms with van der Waals surface area (Å²) in [6, 6.07) is 59.2. The van der Waals surface area contributed by atoms with Crippen molar-refractivity contribution < 1.29 is 0 Å². The highest BCUT2D eigenvalue weighted by Crippen LogP contribution is 2.41. The molecule has 0 saturated heterocycles. The second-order valence-electron chi connectivity index (χ2n) is 25.4. The zero-order chi connectivity index (χ0) is 61.1. The van der Waals surface area contributed by atoms with Crippen LogP contribution in [0.5, 0.6) is 0 Å². The molecule has 0 aliphatic rings. The third-order valence-electron chi connectivity index (χ3n) is 18.2. The highest BCUT2D eigenvalue weighted by molar-refractivity contribution is 5.87. The maximum Gasteiger partial charge on any atom is 0.160 e. The number of aromatic nitrogens is 4. The smallest absolute Gasteiger partial charge is 0.160 e. The van der Waals surface area contributed by atoms with E-state index in [-0.39, 0.29) is 0 Å². The lowest BCUT2D eigenvalue weighted by Crippen LogP contribution is -2.04. The average Bonchev–Trinajstić information content (AvgIpc) is 1.54. The van der Waals surface area contributed by atoms with Gasteiger partial charge in [0.1, 0.15) is 0 Å². The zero-order valence-electron chi connectivity index (χ0n) is 54.8. The van der Waals surface area contributed by atoms with E-state index in [1.807, 2.05) is 24.5 Å². The van der Waals surface area contributed by atoms with Crippen molar-refractivity contribution in [3.63, 3.8) is 0 Å². The molecule has 0 bridgehead atoms. The Morgan fingerprint density at radius 3 is 1.11 bits per heavy atom. The van der Waals surface area contributed by atoms with E-state index in [1.54, 1.807) is 0 Å². The number of hydrogen-bond acceptors (Lipinski definition) is 4. The minimum Gasteiger partial charge on any atom is -0.256 e. The molecule has 3 aromatic heterocycles. The van der Waals surface area contributed by atoms with Crippen LogP contribution in [0.3, 0.4) is 0 Å². The quantitative estimate of drug-likeness (QED) is 0.0367. The van der Waals surface area contributed by atoms with Gasteiger partial charge in [-0.05, 0) is 193 Å². The van der Waals surface area contributed by atoms with Gasteiger partial charge in [-0.2, -0.15) is 0 Å². The van der Waals surface area contributed by atoms with Crippen LogP contribution >= 0.6 is 0 Å². The number of hydrogen-bond donors (Lipinski definition) is 0. The average molecular weight is 1170 g/mol. The Balaban J connectivity index is 1.26. The summed E-state index contributed by atoms with van der Waals surface area (Å²) in [5.74, 6) is 0.734. The molecule has 9 rings (SSSR count). The normalized spacial score (nSPS) is 11.4. The fraction of sp³-hybridized carbons (Fsp3) is 0.405. The van der Waals surface area contributed by atoms with Crippen LogP contribution in [0.25, 0.3) is 89.8 Å². The molecule has 0 amide bonds. The number of benzene rings is 6. The maximum absolute atomic E-state index is 5.88. The summed E-state index contributed by atoms with van der Waals surface area (Å²) in [5, 5.41) is 0. The standard InChI is InChI=1S/C84H102N4/c1-7-11-15-19-23-27-40-65-59-78(67(54-64(65)6)41-28-24-20-16-12-8-2)82-62-83(88-84(87-82)74-57-72(80-49-33-35-51-85-80)56-73(58-74)81-50-34-36-52-86-81)79-61-70(42-29-25-21-17-13-9-3)77(60-71(79)43-30-26-22-18-14-10-4)69-46-38-45-68(55-69)76-48-32-31-47-75(76)66-44-37-39-63(5)53-66/h31-39,44-62H,7-30,40-43H2,1-6H3. The summed E-state index contributed by atoms with van der Waals surface area (Å²) < 4.78 is 0. The molecule has 3 heterocycles. The minimum absolute atomic E-state index is 0.734. The maximum atomic E-state index is 5.88. The van der Waals surface area contributed by atoms with Gasteiger partial charge in [-0.15, -0.1) is 0 Å². The highest BCUT2D eigenvalue weighted by Gasteiger charge is 2.22. The van der Waals surface area contributed by atoms with Crippen molar-refractivity contribution >= 4 is 0 Å². The second kappa shape index (κ2) is 35.0. The van der Waals surface area contributed by atoms with E-state index in [9.17, 15) is 0 Å². The van der Waals surface area contributed by atoms with E-state index >= 15 is 0 Å². The molecule has 0 aliphatic heterocycles. The van der Waals surface area contributed by atoms with Gasteiger partial charge in [0, 0.05) is 40.2 Å². The Morgan fingerprint density at radius 1 is 0.261 bits per heavy atom. The number of unbranched alkanes of at least 4 members (excludes halogenated alkanes) is 20. The summed E-state index contributed by atoms with van der Waals surface area (Å²) in [6.45, 7) is 13.8. The topological polar surface area (TPSA) is 51.6 Å². The predicted octanol–water partition coefficient (Wildman–Crippen LogP) is 24.8. The molecule has 6 aromatic carbocycles. The van der Waals surface area contributed by atoms with Crippen LogP contribution < -0.4 is 0 Å². The predicted molar refractivity (Wildman–Crippen MR) is 379 cm³/mol. The lowest BCUT2D eigenvalue weighted by molar-refractivity contribution is 0.605. The molecule has 0 spiro atoms. The van der Waals surface area contributed by atoms with Gasteiger partial charge in [-0.3, -0.25) is 9.97 Å². The van der Waals surface area contributed by atoms with Crippen LogP contribution in [0.1, 0.15) is 215 Å². The van der Waals surface area contributed by atoms with Crippen LogP contribution in [-0.2, 0) is 25.7 Å². The van der Waals surface area contributed by atoms with Gasteiger partial charge in [0.05, 0.1) is 22.8 Å². The Kier molecular flexibility index (Phi) is 25.9. The fourth-order valence-corrected chi connectivity index (χ4v) is 13.1. The highest BCUT2D eigenvalue weighted by atomic mass is 14.9. The molecular formula is C84H102N4. The second-order valence-corrected chi connectivity index (χ2v) is 25.4. The summed E-state index contributed by atoms with van der Waals surface area (Å²) in [6.07, 6.45) is 38.1. The van der Waals surface area contributed by atoms with Crippen LogP contribution in [0, 0.1) is 13.8 Å². The van der Waals surface area contributed by atoms with Crippen LogP contribution in [0.2, 0.25) is 0 Å². The van der Waals surface area contributed by atoms with Gasteiger partial charge in [-0.25, -0.2) is 9.97 Å². The van der Waals surface area contributed by atoms with E-state index in [1.165, 1.54) is 219 Å². The van der Waals surface area contributed by atoms with E-state index in [2.05, 4.69) is 187 Å². The van der Waals surface area contributed by atoms with Crippen LogP contribution in [0.4, 0.5) is 0 Å². The fourth-order valence-electron chi connectivity index (χ4n) is 13.1. The number of rotatable bonds is 36. The van der Waals surface area contributed by atoms with Gasteiger partial charge in [0.25, 0.3) is 0 Å². The molecule has 458 valence electrons. The molecule has 0 fully saturated rings. The van der Waals surface area contributed by atoms with Gasteiger partial charge in [0.15, 0.2) is 5.82 Å². The third kappa shape index (κ3) is 18.6. The molecule has 4 nitrogen and oxygen atoms in total. The Labute approximate surface area is 531 Å². The first-order valence-electron chi connectivity index (χ1n) is 34.8. The number of pyridine rings is 2. The van der Waals surface area contributed by atoms with Crippen LogP contribution in [0.15, 0.2) is 170 Å². The van der Waals surface area contributed by atoms with Crippen molar-refractivity contribution in [3.05, 3.63) is 203 Å². The first-order chi connectivity index (χ1) is 43.3. The summed E-state index contributed by atoms with van der Waals surface area (Å²) in [7, 11) is 0. The largest absolute Gasteiger partial charge is 0.256 e. The Bertz CT molecular complexity index is 3500. The van der Waals surface area contributed by atoms with Crippen molar-refractivity contribution in [2.75, 3.05) is 0 Å². The molecule has 0 N–H and O–H groups in total. The lowest BCUT2D eigenvalue weighted by atomic mass is 9.86. The van der Waals surface area contributed by atoms with Gasteiger partial charge >= 0.3 is 0 Å². The van der Waals surface area contributed by atoms with Crippen molar-refractivity contribution in [2.45, 2.75) is 221 Å². The summed E-state index contributed by atoms with van der Waals surface area (Å²) in [4.78, 5) is 21.5. The van der Waals surface area contributed by atoms with E-state index in [0.717, 1.165) is 83.8 Å². The number of aryl methyl sites for hydroxylation is 6. The molecule has 4 heteroatoms. The molecule has 88 heavy (non-hydrogen) atoms. The van der Waals surface area contributed by atoms with Crippen LogP contribution in [-0.4, -0.2) is 19.9 Å². The Morgan fingerprint density at radius 2 is 0.636 bits per heavy atom. The van der Waals surface area contributed by atoms with Gasteiger partial charge in [-0.1, -0.05) is 253 Å². The molecule has 0 unspecified atom stereocenters. The van der Waals surface area contributed by atoms with E-state index in [0.29, 0.717) is 0 Å². The van der Waals surface area contributed by atoms with Crippen molar-refractivity contribution in [1.82, 2.24) is 19.9 Å². The third-order valence-corrected chi connectivity index (χ3v) is 18.2. The molecule has 9 aromatic rings. The molecule has 0 atom stereocenters. The molecule has 0 aliphatic carbocycles. The monoisotopic (exact) mass is 1170 g/mol. The lowest BCUT2D eigenvalue weighted by Gasteiger charge is -2.20. The van der Waals surface area contributed by atoms with Crippen molar-refractivity contribution in [2.24, 2.45) is 0 Å². The van der Waals surface area contributed by atoms with Crippen molar-refractivity contribution in [3.8, 4) is 89.8 Å². The minimum atomic E-state index is 0.734. The Hall–Kier alpha value is -7.30. The zero-order valence-corrected chi connectivity index (χ0v) is 54.8. The SMILES string of the molecule is CCCCCCCCc1cc(-c2cc(-c3cc(CCCCCCCC)c(-c4cccc(-c5ccccc5-c5cccc(C)c5)c4)cc3CCCCCCCC)nc(-c3cc(-c4ccccn4)cc(-c4ccccn4)c3)n2)c(CCCCCCCC)cc1C. The molecule has 0 radical (unpaired) electrons. The van der Waals surface area contributed by atoms with E-state index in [4.69, 9.17) is 19.9 Å². The summed E-state index contributed by atoms with van der Waals surface area (Å²) >= 11 is 0. The number of nitrogens with zero attached hydrogens (tertiary/aromatic N) is 4. The van der Waals surface area contributed by atoms with E-state index < -0.39 is 0 Å². The van der Waals surface area contributed by atoms with Crippen molar-refractivity contribution in [1.29, 1.82) is 0 Å². The van der Waals surface area contributed by atoms with Gasteiger partial charge < -0.3 is 0 Å².